The fourth-order valence-electron chi connectivity index (χ4n) is 2.21. The van der Waals surface area contributed by atoms with Crippen LogP contribution in [0.25, 0.3) is 6.08 Å². The molecule has 0 amide bonds. The molecule has 0 aliphatic carbocycles. The number of Topliss-reactive ketones (excluding diaryl/α,β-unsaturated/α-hetero) is 1. The van der Waals surface area contributed by atoms with Crippen LogP contribution in [0.2, 0.25) is 5.02 Å². The average molecular weight is 381 g/mol. The van der Waals surface area contributed by atoms with Crippen LogP contribution in [0.1, 0.15) is 22.8 Å². The van der Waals surface area contributed by atoms with E-state index in [9.17, 15) is 14.0 Å². The van der Waals surface area contributed by atoms with Crippen LogP contribution in [0.5, 0.6) is 11.5 Å². The van der Waals surface area contributed by atoms with Gasteiger partial charge in [0.25, 0.3) is 0 Å². The van der Waals surface area contributed by atoms with E-state index in [0.717, 1.165) is 0 Å². The summed E-state index contributed by atoms with van der Waals surface area (Å²) in [4.78, 5) is 23.9. The van der Waals surface area contributed by atoms with Crippen LogP contribution in [-0.2, 0) is 4.79 Å². The van der Waals surface area contributed by atoms with Crippen LogP contribution >= 0.6 is 23.2 Å². The summed E-state index contributed by atoms with van der Waals surface area (Å²) in [5.74, 6) is -1.29. The lowest BCUT2D eigenvalue weighted by Crippen LogP contribution is -2.17. The molecule has 1 aliphatic heterocycles. The number of hydrogen-bond donors (Lipinski definition) is 0. The van der Waals surface area contributed by atoms with E-state index in [-0.39, 0.29) is 33.4 Å². The SMILES string of the molecule is CC(Cl)C(=O)Oc1ccc2c(c1)O/C(=C\c1c(F)cccc1Cl)C2=O. The van der Waals surface area contributed by atoms with Crippen molar-refractivity contribution in [3.63, 3.8) is 0 Å². The van der Waals surface area contributed by atoms with Gasteiger partial charge in [-0.05, 0) is 37.3 Å². The van der Waals surface area contributed by atoms with Crippen molar-refractivity contribution in [2.75, 3.05) is 0 Å². The molecule has 25 heavy (non-hydrogen) atoms. The van der Waals surface area contributed by atoms with E-state index in [1.807, 2.05) is 0 Å². The molecule has 1 atom stereocenters. The van der Waals surface area contributed by atoms with Gasteiger partial charge in [0.05, 0.1) is 10.6 Å². The van der Waals surface area contributed by atoms with Crippen LogP contribution in [-0.4, -0.2) is 17.1 Å². The van der Waals surface area contributed by atoms with Gasteiger partial charge in [0.1, 0.15) is 22.7 Å². The fourth-order valence-corrected chi connectivity index (χ4v) is 2.47. The van der Waals surface area contributed by atoms with Crippen LogP contribution < -0.4 is 9.47 Å². The van der Waals surface area contributed by atoms with Crippen molar-refractivity contribution < 1.29 is 23.5 Å². The Balaban J connectivity index is 1.91. The zero-order valence-electron chi connectivity index (χ0n) is 12.9. The fraction of sp³-hybridized carbons (Fsp3) is 0.111. The van der Waals surface area contributed by atoms with E-state index >= 15 is 0 Å². The summed E-state index contributed by atoms with van der Waals surface area (Å²) in [6.07, 6.45) is 1.24. The predicted molar refractivity (Wildman–Crippen MR) is 91.7 cm³/mol. The Morgan fingerprint density at radius 2 is 2.08 bits per heavy atom. The number of benzene rings is 2. The first kappa shape index (κ1) is 17.5. The van der Waals surface area contributed by atoms with Crippen molar-refractivity contribution in [2.24, 2.45) is 0 Å². The second kappa shape index (κ2) is 6.86. The minimum atomic E-state index is -0.811. The zero-order chi connectivity index (χ0) is 18.1. The number of esters is 1. The first-order valence-electron chi connectivity index (χ1n) is 7.25. The maximum atomic E-state index is 13.9. The molecule has 0 spiro atoms. The van der Waals surface area contributed by atoms with Gasteiger partial charge < -0.3 is 9.47 Å². The van der Waals surface area contributed by atoms with Crippen LogP contribution in [0.3, 0.4) is 0 Å². The molecular weight excluding hydrogens is 370 g/mol. The van der Waals surface area contributed by atoms with Crippen molar-refractivity contribution in [2.45, 2.75) is 12.3 Å². The molecule has 2 aromatic carbocycles. The Bertz CT molecular complexity index is 886. The number of ketones is 1. The number of carbonyl (C=O) groups is 2. The molecule has 1 aliphatic rings. The number of alkyl halides is 1. The van der Waals surface area contributed by atoms with Gasteiger partial charge in [-0.1, -0.05) is 17.7 Å². The second-order valence-corrected chi connectivity index (χ2v) is 6.33. The highest BCUT2D eigenvalue weighted by atomic mass is 35.5. The normalized spacial score (nSPS) is 15.7. The smallest absolute Gasteiger partial charge is 0.329 e. The number of rotatable bonds is 3. The van der Waals surface area contributed by atoms with E-state index in [2.05, 4.69) is 0 Å². The van der Waals surface area contributed by atoms with Crippen LogP contribution in [0.15, 0.2) is 42.2 Å². The van der Waals surface area contributed by atoms with Crippen molar-refractivity contribution in [1.29, 1.82) is 0 Å². The molecule has 0 radical (unpaired) electrons. The molecule has 1 unspecified atom stereocenters. The number of carbonyl (C=O) groups excluding carboxylic acids is 2. The lowest BCUT2D eigenvalue weighted by Gasteiger charge is -2.06. The Morgan fingerprint density at radius 1 is 1.32 bits per heavy atom. The van der Waals surface area contributed by atoms with Gasteiger partial charge in [-0.25, -0.2) is 4.39 Å². The van der Waals surface area contributed by atoms with Gasteiger partial charge in [0.15, 0.2) is 5.76 Å². The topological polar surface area (TPSA) is 52.6 Å². The minimum Gasteiger partial charge on any atom is -0.452 e. The molecular formula is C18H11Cl2FO4. The third kappa shape index (κ3) is 3.52. The summed E-state index contributed by atoms with van der Waals surface area (Å²) in [6.45, 7) is 1.48. The Labute approximate surface area is 152 Å². The zero-order valence-corrected chi connectivity index (χ0v) is 14.4. The highest BCUT2D eigenvalue weighted by Crippen LogP contribution is 2.36. The number of ether oxygens (including phenoxy) is 2. The maximum Gasteiger partial charge on any atom is 0.329 e. The van der Waals surface area contributed by atoms with E-state index < -0.39 is 22.9 Å². The van der Waals surface area contributed by atoms with E-state index in [1.165, 1.54) is 49.4 Å². The van der Waals surface area contributed by atoms with Gasteiger partial charge >= 0.3 is 5.97 Å². The number of fused-ring (bicyclic) bond motifs is 1. The highest BCUT2D eigenvalue weighted by Gasteiger charge is 2.28. The summed E-state index contributed by atoms with van der Waals surface area (Å²) in [5.41, 5.74) is 0.334. The summed E-state index contributed by atoms with van der Waals surface area (Å²) >= 11 is 11.6. The van der Waals surface area contributed by atoms with Gasteiger partial charge in [-0.2, -0.15) is 0 Å². The Morgan fingerprint density at radius 3 is 2.76 bits per heavy atom. The molecule has 128 valence electrons. The largest absolute Gasteiger partial charge is 0.452 e. The third-order valence-corrected chi connectivity index (χ3v) is 3.97. The molecule has 1 heterocycles. The lowest BCUT2D eigenvalue weighted by atomic mass is 10.1. The molecule has 4 nitrogen and oxygen atoms in total. The van der Waals surface area contributed by atoms with E-state index in [1.54, 1.807) is 0 Å². The number of halogens is 3. The quantitative estimate of drug-likeness (QED) is 0.337. The first-order valence-corrected chi connectivity index (χ1v) is 8.06. The summed E-state index contributed by atoms with van der Waals surface area (Å²) in [5, 5.41) is -0.653. The number of allylic oxidation sites excluding steroid dienone is 1. The Kier molecular flexibility index (Phi) is 4.79. The standard InChI is InChI=1S/C18H11Cl2FO4/c1-9(19)18(23)24-10-5-6-11-15(7-10)25-16(17(11)22)8-12-13(20)3-2-4-14(12)21/h2-9H,1H3/b16-8-. The summed E-state index contributed by atoms with van der Waals surface area (Å²) < 4.78 is 24.4. The molecule has 0 saturated heterocycles. The van der Waals surface area contributed by atoms with Gasteiger partial charge in [0.2, 0.25) is 5.78 Å². The Hall–Kier alpha value is -2.37. The van der Waals surface area contributed by atoms with Crippen molar-refractivity contribution in [1.82, 2.24) is 0 Å². The molecule has 2 aromatic rings. The maximum absolute atomic E-state index is 13.9. The second-order valence-electron chi connectivity index (χ2n) is 5.27. The highest BCUT2D eigenvalue weighted by molar-refractivity contribution is 6.32. The molecule has 0 fully saturated rings. The lowest BCUT2D eigenvalue weighted by molar-refractivity contribution is -0.133. The van der Waals surface area contributed by atoms with E-state index in [4.69, 9.17) is 32.7 Å². The number of hydrogen-bond acceptors (Lipinski definition) is 4. The molecule has 7 heteroatoms. The third-order valence-electron chi connectivity index (χ3n) is 3.46. The van der Waals surface area contributed by atoms with Crippen molar-refractivity contribution >= 4 is 41.0 Å². The van der Waals surface area contributed by atoms with Crippen molar-refractivity contribution in [3.05, 3.63) is 64.1 Å². The minimum absolute atomic E-state index is 0.0583. The molecule has 0 N–H and O–H groups in total. The summed E-state index contributed by atoms with van der Waals surface area (Å²) in [7, 11) is 0. The van der Waals surface area contributed by atoms with E-state index in [0.29, 0.717) is 0 Å². The molecule has 0 saturated carbocycles. The van der Waals surface area contributed by atoms with Gasteiger partial charge in [-0.3, -0.25) is 9.59 Å². The van der Waals surface area contributed by atoms with Crippen molar-refractivity contribution in [3.8, 4) is 11.5 Å². The predicted octanol–water partition coefficient (Wildman–Crippen LogP) is 4.63. The van der Waals surface area contributed by atoms with Crippen LogP contribution in [0, 0.1) is 5.82 Å². The van der Waals surface area contributed by atoms with Gasteiger partial charge in [0, 0.05) is 11.6 Å². The molecule has 0 bridgehead atoms. The van der Waals surface area contributed by atoms with Crippen LogP contribution in [0.4, 0.5) is 4.39 Å². The molecule has 3 rings (SSSR count). The average Bonchev–Trinajstić information content (AvgIpc) is 2.86. The summed E-state index contributed by atoms with van der Waals surface area (Å²) in [6, 6.07) is 8.52. The first-order chi connectivity index (χ1) is 11.9. The van der Waals surface area contributed by atoms with Gasteiger partial charge in [-0.15, -0.1) is 11.6 Å². The monoisotopic (exact) mass is 380 g/mol. The molecule has 0 aromatic heterocycles.